The third-order valence-electron chi connectivity index (χ3n) is 7.84. The lowest BCUT2D eigenvalue weighted by Crippen LogP contribution is -2.42. The zero-order chi connectivity index (χ0) is 29.5. The van der Waals surface area contributed by atoms with Gasteiger partial charge in [0.25, 0.3) is 5.91 Å². The number of benzene rings is 2. The summed E-state index contributed by atoms with van der Waals surface area (Å²) in [6.45, 7) is 4.24. The van der Waals surface area contributed by atoms with Gasteiger partial charge in [0.1, 0.15) is 11.9 Å². The minimum Gasteiger partial charge on any atom is -0.455 e. The van der Waals surface area contributed by atoms with Gasteiger partial charge in [0.15, 0.2) is 15.6 Å². The Labute approximate surface area is 247 Å². The largest absolute Gasteiger partial charge is 0.455 e. The summed E-state index contributed by atoms with van der Waals surface area (Å²) in [7, 11) is -1.18. The average Bonchev–Trinajstić information content (AvgIpc) is 3.46. The number of carbonyl (C=O) groups is 2. The lowest BCUT2D eigenvalue weighted by Gasteiger charge is -2.32. The van der Waals surface area contributed by atoms with E-state index in [4.69, 9.17) is 9.15 Å². The molecule has 2 aromatic carbocycles. The molecule has 3 aromatic rings. The van der Waals surface area contributed by atoms with Gasteiger partial charge in [-0.3, -0.25) is 15.0 Å². The van der Waals surface area contributed by atoms with Crippen LogP contribution in [-0.4, -0.2) is 99.0 Å². The van der Waals surface area contributed by atoms with E-state index in [-0.39, 0.29) is 29.3 Å². The SMILES string of the molecule is CN(CCN1CCC(OC(=O)Nc2ccccc2-c2ccccc2)CC1)C(=O)c1ccc(CN2CCS(=O)(=O)CC2)o1. The Bertz CT molecular complexity index is 1450. The summed E-state index contributed by atoms with van der Waals surface area (Å²) in [6, 6.07) is 21.0. The quantitative estimate of drug-likeness (QED) is 0.396. The van der Waals surface area contributed by atoms with Gasteiger partial charge in [-0.25, -0.2) is 13.2 Å². The number of anilines is 1. The molecule has 1 N–H and O–H groups in total. The molecule has 0 unspecified atom stereocenters. The molecule has 0 radical (unpaired) electrons. The lowest BCUT2D eigenvalue weighted by atomic mass is 10.0. The highest BCUT2D eigenvalue weighted by atomic mass is 32.2. The predicted molar refractivity (Wildman–Crippen MR) is 161 cm³/mol. The van der Waals surface area contributed by atoms with E-state index in [1.165, 1.54) is 0 Å². The van der Waals surface area contributed by atoms with Crippen molar-refractivity contribution in [1.29, 1.82) is 0 Å². The molecule has 5 rings (SSSR count). The molecule has 2 amide bonds. The second-order valence-electron chi connectivity index (χ2n) is 10.9. The first-order valence-electron chi connectivity index (χ1n) is 14.4. The van der Waals surface area contributed by atoms with Crippen molar-refractivity contribution >= 4 is 27.5 Å². The van der Waals surface area contributed by atoms with Crippen LogP contribution in [0.5, 0.6) is 0 Å². The number of amides is 2. The van der Waals surface area contributed by atoms with Crippen LogP contribution in [0, 0.1) is 0 Å². The number of furan rings is 1. The Balaban J connectivity index is 1.03. The Morgan fingerprint density at radius 3 is 2.36 bits per heavy atom. The van der Waals surface area contributed by atoms with Crippen molar-refractivity contribution in [2.75, 3.05) is 63.1 Å². The number of sulfone groups is 1. The van der Waals surface area contributed by atoms with E-state index in [1.54, 1.807) is 24.1 Å². The highest BCUT2D eigenvalue weighted by molar-refractivity contribution is 7.91. The van der Waals surface area contributed by atoms with E-state index in [0.717, 1.165) is 37.1 Å². The Morgan fingerprint density at radius 2 is 1.62 bits per heavy atom. The van der Waals surface area contributed by atoms with Crippen molar-refractivity contribution in [2.45, 2.75) is 25.5 Å². The molecule has 0 saturated carbocycles. The first kappa shape index (κ1) is 29.8. The lowest BCUT2D eigenvalue weighted by molar-refractivity contribution is 0.0533. The summed E-state index contributed by atoms with van der Waals surface area (Å²) in [6.07, 6.45) is 0.839. The first-order chi connectivity index (χ1) is 20.3. The van der Waals surface area contributed by atoms with Crippen LogP contribution in [0.3, 0.4) is 0 Å². The second-order valence-corrected chi connectivity index (χ2v) is 13.2. The third-order valence-corrected chi connectivity index (χ3v) is 9.45. The topological polar surface area (TPSA) is 112 Å². The third kappa shape index (κ3) is 7.99. The smallest absolute Gasteiger partial charge is 0.411 e. The molecule has 2 fully saturated rings. The van der Waals surface area contributed by atoms with Gasteiger partial charge in [-0.05, 0) is 36.6 Å². The number of rotatable bonds is 9. The number of likely N-dealkylation sites (N-methyl/N-ethyl adjacent to an activating group) is 1. The van der Waals surface area contributed by atoms with Crippen LogP contribution >= 0.6 is 0 Å². The first-order valence-corrected chi connectivity index (χ1v) is 16.2. The van der Waals surface area contributed by atoms with Gasteiger partial charge in [0, 0.05) is 51.9 Å². The van der Waals surface area contributed by atoms with E-state index in [9.17, 15) is 18.0 Å². The van der Waals surface area contributed by atoms with Crippen LogP contribution in [0.25, 0.3) is 11.1 Å². The number of hydrogen-bond donors (Lipinski definition) is 1. The molecule has 0 spiro atoms. The van der Waals surface area contributed by atoms with E-state index < -0.39 is 15.9 Å². The summed E-state index contributed by atoms with van der Waals surface area (Å²) >= 11 is 0. The molecule has 11 heteroatoms. The molecule has 0 aliphatic carbocycles. The molecule has 0 bridgehead atoms. The maximum Gasteiger partial charge on any atom is 0.411 e. The molecule has 42 heavy (non-hydrogen) atoms. The van der Waals surface area contributed by atoms with Crippen LogP contribution in [0.1, 0.15) is 29.2 Å². The van der Waals surface area contributed by atoms with Gasteiger partial charge in [0.05, 0.1) is 23.7 Å². The average molecular weight is 595 g/mol. The zero-order valence-electron chi connectivity index (χ0n) is 23.9. The van der Waals surface area contributed by atoms with Crippen LogP contribution in [0.2, 0.25) is 0 Å². The summed E-state index contributed by atoms with van der Waals surface area (Å²) in [4.78, 5) is 31.5. The summed E-state index contributed by atoms with van der Waals surface area (Å²) in [5.74, 6) is 1.06. The van der Waals surface area contributed by atoms with Crippen molar-refractivity contribution in [1.82, 2.24) is 14.7 Å². The van der Waals surface area contributed by atoms with Crippen LogP contribution in [-0.2, 0) is 21.1 Å². The maximum absolute atomic E-state index is 12.9. The van der Waals surface area contributed by atoms with Crippen molar-refractivity contribution in [3.63, 3.8) is 0 Å². The van der Waals surface area contributed by atoms with Crippen molar-refractivity contribution < 1.29 is 27.2 Å². The van der Waals surface area contributed by atoms with Crippen molar-refractivity contribution in [3.8, 4) is 11.1 Å². The van der Waals surface area contributed by atoms with Crippen LogP contribution in [0.4, 0.5) is 10.5 Å². The van der Waals surface area contributed by atoms with Gasteiger partial charge < -0.3 is 19.0 Å². The minimum absolute atomic E-state index is 0.155. The number of likely N-dealkylation sites (tertiary alicyclic amines) is 1. The van der Waals surface area contributed by atoms with E-state index >= 15 is 0 Å². The van der Waals surface area contributed by atoms with Crippen molar-refractivity contribution in [2.24, 2.45) is 0 Å². The normalized spacial score (nSPS) is 17.9. The van der Waals surface area contributed by atoms with Gasteiger partial charge in [-0.15, -0.1) is 0 Å². The maximum atomic E-state index is 12.9. The fraction of sp³-hybridized carbons (Fsp3) is 0.419. The molecule has 2 saturated heterocycles. The summed E-state index contributed by atoms with van der Waals surface area (Å²) in [5.41, 5.74) is 2.67. The Kier molecular flexibility index (Phi) is 9.61. The molecule has 2 aliphatic rings. The molecule has 10 nitrogen and oxygen atoms in total. The predicted octanol–water partition coefficient (Wildman–Crippen LogP) is 3.96. The summed E-state index contributed by atoms with van der Waals surface area (Å²) < 4.78 is 34.8. The Hall–Kier alpha value is -3.67. The van der Waals surface area contributed by atoms with Crippen LogP contribution in [0.15, 0.2) is 71.1 Å². The number of hydrogen-bond acceptors (Lipinski definition) is 8. The van der Waals surface area contributed by atoms with Gasteiger partial charge in [0.2, 0.25) is 0 Å². The fourth-order valence-electron chi connectivity index (χ4n) is 5.29. The standard InChI is InChI=1S/C31H38N4O6S/c1-33(30(36)29-12-11-26(40-29)23-35-19-21-42(38,39)22-20-35)17-18-34-15-13-25(14-16-34)41-31(37)32-28-10-6-5-9-27(28)24-7-3-2-4-8-24/h2-12,25H,13-23H2,1H3,(H,32,37). The number of carbonyl (C=O) groups excluding carboxylic acids is 2. The monoisotopic (exact) mass is 594 g/mol. The number of piperidine rings is 1. The van der Waals surface area contributed by atoms with Gasteiger partial charge >= 0.3 is 6.09 Å². The van der Waals surface area contributed by atoms with E-state index in [0.29, 0.717) is 44.2 Å². The Morgan fingerprint density at radius 1 is 0.929 bits per heavy atom. The van der Waals surface area contributed by atoms with Gasteiger partial charge in [-0.2, -0.15) is 0 Å². The fourth-order valence-corrected chi connectivity index (χ4v) is 6.57. The van der Waals surface area contributed by atoms with Crippen molar-refractivity contribution in [3.05, 3.63) is 78.3 Å². The molecule has 1 aromatic heterocycles. The van der Waals surface area contributed by atoms with E-state index in [1.807, 2.05) is 59.5 Å². The number of nitrogens with zero attached hydrogens (tertiary/aromatic N) is 3. The molecular formula is C31H38N4O6S. The highest BCUT2D eigenvalue weighted by Crippen LogP contribution is 2.28. The number of ether oxygens (including phenoxy) is 1. The molecule has 0 atom stereocenters. The number of para-hydroxylation sites is 1. The summed E-state index contributed by atoms with van der Waals surface area (Å²) in [5, 5.41) is 2.91. The molecule has 2 aliphatic heterocycles. The number of nitrogens with one attached hydrogen (secondary N) is 1. The highest BCUT2D eigenvalue weighted by Gasteiger charge is 2.25. The molecule has 224 valence electrons. The van der Waals surface area contributed by atoms with Gasteiger partial charge in [-0.1, -0.05) is 48.5 Å². The minimum atomic E-state index is -2.94. The molecule has 3 heterocycles. The zero-order valence-corrected chi connectivity index (χ0v) is 24.7. The van der Waals surface area contributed by atoms with Crippen LogP contribution < -0.4 is 5.32 Å². The molecular weight excluding hydrogens is 556 g/mol. The second kappa shape index (κ2) is 13.5. The van der Waals surface area contributed by atoms with E-state index in [2.05, 4.69) is 10.2 Å².